The predicted molar refractivity (Wildman–Crippen MR) is 64.9 cm³/mol. The van der Waals surface area contributed by atoms with Crippen LogP contribution in [0.25, 0.3) is 0 Å². The van der Waals surface area contributed by atoms with Gasteiger partial charge < -0.3 is 10.1 Å². The summed E-state index contributed by atoms with van der Waals surface area (Å²) in [4.78, 5) is 1.10. The number of thioether (sulfide) groups is 1. The van der Waals surface area contributed by atoms with Gasteiger partial charge in [-0.1, -0.05) is 23.2 Å². The topological polar surface area (TPSA) is 21.3 Å². The number of morpholine rings is 1. The van der Waals surface area contributed by atoms with E-state index in [9.17, 15) is 0 Å². The highest BCUT2D eigenvalue weighted by atomic mass is 35.5. The number of nitrogens with one attached hydrogen (secondary N) is 1. The number of rotatable bonds is 2. The molecule has 0 spiro atoms. The van der Waals surface area contributed by atoms with E-state index in [1.165, 1.54) is 0 Å². The van der Waals surface area contributed by atoms with Crippen molar-refractivity contribution in [3.8, 4) is 0 Å². The van der Waals surface area contributed by atoms with Crippen LogP contribution in [0.15, 0.2) is 23.1 Å². The molecule has 1 N–H and O–H groups in total. The van der Waals surface area contributed by atoms with E-state index in [1.807, 2.05) is 18.2 Å². The van der Waals surface area contributed by atoms with E-state index >= 15 is 0 Å². The number of hydrogen-bond donors (Lipinski definition) is 1. The quantitative estimate of drug-likeness (QED) is 0.887. The smallest absolute Gasteiger partial charge is 0.0817 e. The van der Waals surface area contributed by atoms with E-state index in [2.05, 4.69) is 5.32 Å². The molecule has 1 atom stereocenters. The zero-order valence-electron chi connectivity index (χ0n) is 8.00. The largest absolute Gasteiger partial charge is 0.378 e. The summed E-state index contributed by atoms with van der Waals surface area (Å²) < 4.78 is 5.37. The fourth-order valence-electron chi connectivity index (χ4n) is 1.33. The number of hydrogen-bond acceptors (Lipinski definition) is 3. The van der Waals surface area contributed by atoms with Gasteiger partial charge in [0, 0.05) is 11.4 Å². The molecule has 1 aromatic rings. The molecule has 0 bridgehead atoms. The molecule has 5 heteroatoms. The molecule has 1 aliphatic heterocycles. The third-order valence-corrected chi connectivity index (χ3v) is 3.91. The molecular weight excluding hydrogens is 253 g/mol. The van der Waals surface area contributed by atoms with Crippen molar-refractivity contribution >= 4 is 35.0 Å². The van der Waals surface area contributed by atoms with Crippen molar-refractivity contribution in [2.24, 2.45) is 0 Å². The number of halogens is 2. The molecule has 1 heterocycles. The van der Waals surface area contributed by atoms with Gasteiger partial charge in [-0.15, -0.1) is 11.8 Å². The van der Waals surface area contributed by atoms with Crippen molar-refractivity contribution in [2.45, 2.75) is 10.3 Å². The maximum Gasteiger partial charge on any atom is 0.0817 e. The van der Waals surface area contributed by atoms with Crippen LogP contribution in [-0.2, 0) is 4.74 Å². The Labute approximate surface area is 103 Å². The standard InChI is InChI=1S/C10H11Cl2NOS/c11-8-2-1-7(5-9(8)12)15-10-6-14-4-3-13-10/h1-2,5,10,13H,3-4,6H2. The monoisotopic (exact) mass is 263 g/mol. The Morgan fingerprint density at radius 3 is 2.87 bits per heavy atom. The minimum absolute atomic E-state index is 0.302. The lowest BCUT2D eigenvalue weighted by Crippen LogP contribution is -2.38. The van der Waals surface area contributed by atoms with E-state index in [0.29, 0.717) is 15.4 Å². The Balaban J connectivity index is 2.00. The first-order valence-electron chi connectivity index (χ1n) is 4.68. The Morgan fingerprint density at radius 2 is 2.20 bits per heavy atom. The minimum Gasteiger partial charge on any atom is -0.378 e. The maximum atomic E-state index is 5.93. The second-order valence-corrected chi connectivity index (χ2v) is 5.30. The summed E-state index contributed by atoms with van der Waals surface area (Å²) in [7, 11) is 0. The normalized spacial score (nSPS) is 21.6. The Kier molecular flexibility index (Phi) is 4.17. The highest BCUT2D eigenvalue weighted by molar-refractivity contribution is 8.00. The molecular formula is C10H11Cl2NOS. The molecule has 1 fully saturated rings. The average Bonchev–Trinajstić information content (AvgIpc) is 2.25. The van der Waals surface area contributed by atoms with Crippen LogP contribution in [0.3, 0.4) is 0 Å². The van der Waals surface area contributed by atoms with E-state index in [0.717, 1.165) is 24.7 Å². The molecule has 15 heavy (non-hydrogen) atoms. The van der Waals surface area contributed by atoms with Gasteiger partial charge in [-0.25, -0.2) is 0 Å². The summed E-state index contributed by atoms with van der Waals surface area (Å²) >= 11 is 13.5. The first kappa shape index (κ1) is 11.6. The zero-order valence-corrected chi connectivity index (χ0v) is 10.3. The highest BCUT2D eigenvalue weighted by Gasteiger charge is 2.14. The molecule has 2 rings (SSSR count). The van der Waals surface area contributed by atoms with Crippen molar-refractivity contribution < 1.29 is 4.74 Å². The van der Waals surface area contributed by atoms with Crippen molar-refractivity contribution in [3.05, 3.63) is 28.2 Å². The number of benzene rings is 1. The van der Waals surface area contributed by atoms with Crippen LogP contribution in [0.2, 0.25) is 10.0 Å². The molecule has 2 nitrogen and oxygen atoms in total. The van der Waals surface area contributed by atoms with Gasteiger partial charge in [0.1, 0.15) is 0 Å². The van der Waals surface area contributed by atoms with Crippen LogP contribution < -0.4 is 5.32 Å². The van der Waals surface area contributed by atoms with Crippen LogP contribution in [0.5, 0.6) is 0 Å². The fourth-order valence-corrected chi connectivity index (χ4v) is 2.72. The van der Waals surface area contributed by atoms with Gasteiger partial charge in [0.25, 0.3) is 0 Å². The lowest BCUT2D eigenvalue weighted by Gasteiger charge is -2.23. The van der Waals surface area contributed by atoms with Gasteiger partial charge in [-0.3, -0.25) is 0 Å². The molecule has 1 saturated heterocycles. The summed E-state index contributed by atoms with van der Waals surface area (Å²) in [5.41, 5.74) is 0. The van der Waals surface area contributed by atoms with Crippen LogP contribution in [0, 0.1) is 0 Å². The van der Waals surface area contributed by atoms with E-state index in [1.54, 1.807) is 11.8 Å². The van der Waals surface area contributed by atoms with E-state index in [4.69, 9.17) is 27.9 Å². The lowest BCUT2D eigenvalue weighted by molar-refractivity contribution is 0.100. The highest BCUT2D eigenvalue weighted by Crippen LogP contribution is 2.30. The van der Waals surface area contributed by atoms with Crippen LogP contribution in [-0.4, -0.2) is 25.1 Å². The van der Waals surface area contributed by atoms with Crippen molar-refractivity contribution in [3.63, 3.8) is 0 Å². The Hall–Kier alpha value is 0.0700. The average molecular weight is 264 g/mol. The van der Waals surface area contributed by atoms with Gasteiger partial charge in [0.15, 0.2) is 0 Å². The second-order valence-electron chi connectivity index (χ2n) is 3.21. The zero-order chi connectivity index (χ0) is 10.7. The van der Waals surface area contributed by atoms with E-state index < -0.39 is 0 Å². The van der Waals surface area contributed by atoms with Crippen molar-refractivity contribution in [1.82, 2.24) is 5.32 Å². The predicted octanol–water partition coefficient (Wildman–Crippen LogP) is 3.03. The Bertz CT molecular complexity index is 342. The van der Waals surface area contributed by atoms with Crippen LogP contribution in [0.4, 0.5) is 0 Å². The molecule has 1 unspecified atom stereocenters. The molecule has 1 aliphatic rings. The first-order valence-corrected chi connectivity index (χ1v) is 6.32. The van der Waals surface area contributed by atoms with E-state index in [-0.39, 0.29) is 0 Å². The van der Waals surface area contributed by atoms with Gasteiger partial charge >= 0.3 is 0 Å². The summed E-state index contributed by atoms with van der Waals surface area (Å²) in [6.45, 7) is 2.42. The number of ether oxygens (including phenoxy) is 1. The van der Waals surface area contributed by atoms with Gasteiger partial charge in [0.2, 0.25) is 0 Å². The molecule has 0 amide bonds. The van der Waals surface area contributed by atoms with Gasteiger partial charge in [-0.05, 0) is 18.2 Å². The summed E-state index contributed by atoms with van der Waals surface area (Å²) in [5, 5.41) is 4.85. The molecule has 0 saturated carbocycles. The third-order valence-electron chi connectivity index (χ3n) is 2.06. The van der Waals surface area contributed by atoms with Crippen molar-refractivity contribution in [1.29, 1.82) is 0 Å². The lowest BCUT2D eigenvalue weighted by atomic mass is 10.4. The first-order chi connectivity index (χ1) is 7.25. The molecule has 0 radical (unpaired) electrons. The minimum atomic E-state index is 0.302. The molecule has 0 aromatic heterocycles. The third kappa shape index (κ3) is 3.26. The molecule has 0 aliphatic carbocycles. The van der Waals surface area contributed by atoms with Crippen LogP contribution in [0.1, 0.15) is 0 Å². The summed E-state index contributed by atoms with van der Waals surface area (Å²) in [6.07, 6.45) is 0. The fraction of sp³-hybridized carbons (Fsp3) is 0.400. The van der Waals surface area contributed by atoms with Crippen molar-refractivity contribution in [2.75, 3.05) is 19.8 Å². The SMILES string of the molecule is Clc1ccc(SC2COCCN2)cc1Cl. The maximum absolute atomic E-state index is 5.93. The second kappa shape index (κ2) is 5.41. The van der Waals surface area contributed by atoms with Gasteiger partial charge in [-0.2, -0.15) is 0 Å². The molecule has 1 aromatic carbocycles. The molecule has 82 valence electrons. The van der Waals surface area contributed by atoms with Gasteiger partial charge in [0.05, 0.1) is 28.6 Å². The summed E-state index contributed by atoms with van der Waals surface area (Å²) in [6, 6.07) is 5.66. The van der Waals surface area contributed by atoms with Crippen LogP contribution >= 0.6 is 35.0 Å². The Morgan fingerprint density at radius 1 is 1.33 bits per heavy atom. The summed E-state index contributed by atoms with van der Waals surface area (Å²) in [5.74, 6) is 0.